The highest BCUT2D eigenvalue weighted by Gasteiger charge is 2.63. The van der Waals surface area contributed by atoms with Crippen molar-refractivity contribution in [3.63, 3.8) is 0 Å². The van der Waals surface area contributed by atoms with E-state index in [0.717, 1.165) is 36.1 Å². The number of carbonyl (C=O) groups is 1. The molecule has 0 N–H and O–H groups in total. The van der Waals surface area contributed by atoms with Gasteiger partial charge in [-0.1, -0.05) is 26.8 Å². The number of piperidine rings is 2. The van der Waals surface area contributed by atoms with Gasteiger partial charge in [0.15, 0.2) is 0 Å². The number of hydrogen-bond donors (Lipinski definition) is 0. The Bertz CT molecular complexity index is 876. The Labute approximate surface area is 233 Å². The molecule has 0 aromatic carbocycles. The molecule has 4 heteroatoms. The van der Waals surface area contributed by atoms with Crippen LogP contribution in [0.3, 0.4) is 0 Å². The summed E-state index contributed by atoms with van der Waals surface area (Å²) in [4.78, 5) is 14.9. The van der Waals surface area contributed by atoms with Crippen molar-refractivity contribution in [2.45, 2.75) is 129 Å². The Morgan fingerprint density at radius 2 is 1.71 bits per heavy atom. The van der Waals surface area contributed by atoms with Gasteiger partial charge in [-0.25, -0.2) is 0 Å². The van der Waals surface area contributed by atoms with E-state index in [1.54, 1.807) is 6.92 Å². The van der Waals surface area contributed by atoms with Crippen LogP contribution in [0.5, 0.6) is 0 Å². The molecule has 4 saturated carbocycles. The molecule has 0 radical (unpaired) electrons. The predicted octanol–water partition coefficient (Wildman–Crippen LogP) is 6.98. The summed E-state index contributed by atoms with van der Waals surface area (Å²) in [6, 6.07) is 1.28. The minimum atomic E-state index is -0.0750. The summed E-state index contributed by atoms with van der Waals surface area (Å²) in [5, 5.41) is 0. The predicted molar refractivity (Wildman–Crippen MR) is 155 cm³/mol. The zero-order valence-corrected chi connectivity index (χ0v) is 25.0. The molecular formula is C34H57N2O2+. The zero-order valence-electron chi connectivity index (χ0n) is 25.0. The van der Waals surface area contributed by atoms with E-state index in [9.17, 15) is 4.79 Å². The van der Waals surface area contributed by atoms with Gasteiger partial charge in [-0.15, -0.1) is 0 Å². The van der Waals surface area contributed by atoms with Crippen LogP contribution in [0.25, 0.3) is 0 Å². The van der Waals surface area contributed by atoms with Crippen molar-refractivity contribution < 1.29 is 14.0 Å². The third-order valence-electron chi connectivity index (χ3n) is 13.6. The maximum Gasteiger partial charge on any atom is 0.302 e. The Kier molecular flexibility index (Phi) is 7.55. The average Bonchev–Trinajstić information content (AvgIpc) is 3.28. The average molecular weight is 526 g/mol. The van der Waals surface area contributed by atoms with Gasteiger partial charge in [0.05, 0.1) is 25.7 Å². The second kappa shape index (κ2) is 10.5. The molecule has 2 aliphatic heterocycles. The number of ether oxygens (including phenoxy) is 1. The van der Waals surface area contributed by atoms with Crippen molar-refractivity contribution in [1.82, 2.24) is 4.90 Å². The lowest BCUT2D eigenvalue weighted by Crippen LogP contribution is -2.60. The Morgan fingerprint density at radius 3 is 2.42 bits per heavy atom. The number of quaternary nitrogens is 1. The summed E-state index contributed by atoms with van der Waals surface area (Å²) >= 11 is 0. The highest BCUT2D eigenvalue weighted by molar-refractivity contribution is 5.66. The van der Waals surface area contributed by atoms with Gasteiger partial charge in [-0.3, -0.25) is 9.69 Å². The van der Waals surface area contributed by atoms with E-state index in [0.29, 0.717) is 16.9 Å². The summed E-state index contributed by atoms with van der Waals surface area (Å²) in [5.74, 6) is 3.31. The minimum absolute atomic E-state index is 0.0750. The van der Waals surface area contributed by atoms with Crippen molar-refractivity contribution in [2.24, 2.45) is 34.5 Å². The van der Waals surface area contributed by atoms with Crippen molar-refractivity contribution in [3.05, 3.63) is 12.7 Å². The van der Waals surface area contributed by atoms with Crippen LogP contribution in [0.2, 0.25) is 0 Å². The van der Waals surface area contributed by atoms with Crippen LogP contribution in [0.15, 0.2) is 12.7 Å². The van der Waals surface area contributed by atoms with Crippen molar-refractivity contribution in [2.75, 3.05) is 32.7 Å². The first kappa shape index (κ1) is 27.3. The molecule has 0 bridgehead atoms. The molecule has 6 rings (SSSR count). The highest BCUT2D eigenvalue weighted by Crippen LogP contribution is 2.67. The van der Waals surface area contributed by atoms with E-state index in [-0.39, 0.29) is 12.1 Å². The number of hydrogen-bond acceptors (Lipinski definition) is 3. The lowest BCUT2D eigenvalue weighted by molar-refractivity contribution is -0.950. The molecule has 4 aliphatic carbocycles. The number of esters is 1. The molecular weight excluding hydrogens is 468 g/mol. The van der Waals surface area contributed by atoms with Crippen LogP contribution in [0.4, 0.5) is 0 Å². The molecule has 38 heavy (non-hydrogen) atoms. The van der Waals surface area contributed by atoms with Crippen molar-refractivity contribution in [3.8, 4) is 0 Å². The van der Waals surface area contributed by atoms with E-state index < -0.39 is 0 Å². The highest BCUT2D eigenvalue weighted by atomic mass is 16.5. The van der Waals surface area contributed by atoms with Gasteiger partial charge in [0.1, 0.15) is 6.10 Å². The SMILES string of the molecule is C=CC[N+]1([C@H]2C[C@H]3[C@@H]4CC[C@H]5C[C@H](OC(C)=O)[C@@H](N6CCCCC6)C[C@]5(C)[C@H]4CC[C@]3(C)C2)CCCCC1. The molecule has 2 saturated heterocycles. The maximum atomic E-state index is 12.2. The van der Waals surface area contributed by atoms with E-state index in [2.05, 4.69) is 31.4 Å². The van der Waals surface area contributed by atoms with Gasteiger partial charge >= 0.3 is 5.97 Å². The Morgan fingerprint density at radius 1 is 0.974 bits per heavy atom. The standard InChI is InChI=1S/C34H57N2O2/c1-5-18-36(19-10-7-11-20-36)27-22-30-28-13-12-26-21-32(38-25(2)37)31(35-16-8-6-9-17-35)24-34(26,4)29(28)14-15-33(30,3)23-27/h5,26-32H,1,6-24H2,2-4H3/q+1/t26-,27-,28+,29-,30-,31-,32-,33+,34-/m0/s1. The minimum Gasteiger partial charge on any atom is -0.461 e. The van der Waals surface area contributed by atoms with Crippen molar-refractivity contribution in [1.29, 1.82) is 0 Å². The molecule has 0 unspecified atom stereocenters. The summed E-state index contributed by atoms with van der Waals surface area (Å²) in [6.07, 6.45) is 21.5. The van der Waals surface area contributed by atoms with Crippen LogP contribution < -0.4 is 0 Å². The molecule has 0 spiro atoms. The van der Waals surface area contributed by atoms with Crippen LogP contribution in [-0.2, 0) is 9.53 Å². The van der Waals surface area contributed by atoms with Crippen LogP contribution in [0, 0.1) is 34.5 Å². The van der Waals surface area contributed by atoms with Gasteiger partial charge in [0.25, 0.3) is 0 Å². The van der Waals surface area contributed by atoms with Gasteiger partial charge in [0.2, 0.25) is 0 Å². The summed E-state index contributed by atoms with van der Waals surface area (Å²) in [6.45, 7) is 17.6. The first-order valence-electron chi connectivity index (χ1n) is 16.7. The number of carbonyl (C=O) groups excluding carboxylic acids is 1. The van der Waals surface area contributed by atoms with E-state index in [4.69, 9.17) is 4.74 Å². The van der Waals surface area contributed by atoms with Gasteiger partial charge in [-0.05, 0) is 124 Å². The number of nitrogens with zero attached hydrogens (tertiary/aromatic N) is 2. The molecule has 2 heterocycles. The normalized spacial score (nSPS) is 46.9. The molecule has 6 aliphatic rings. The third-order valence-corrected chi connectivity index (χ3v) is 13.6. The Hall–Kier alpha value is -0.870. The molecule has 6 fully saturated rings. The molecule has 0 amide bonds. The zero-order chi connectivity index (χ0) is 26.5. The monoisotopic (exact) mass is 525 g/mol. The number of fused-ring (bicyclic) bond motifs is 5. The van der Waals surface area contributed by atoms with Crippen molar-refractivity contribution >= 4 is 5.97 Å². The first-order chi connectivity index (χ1) is 18.3. The first-order valence-corrected chi connectivity index (χ1v) is 16.7. The molecule has 214 valence electrons. The van der Waals surface area contributed by atoms with E-state index in [1.165, 1.54) is 121 Å². The molecule has 0 aromatic heterocycles. The second-order valence-electron chi connectivity index (χ2n) is 15.4. The van der Waals surface area contributed by atoms with E-state index >= 15 is 0 Å². The molecule has 9 atom stereocenters. The van der Waals surface area contributed by atoms with Gasteiger partial charge in [0, 0.05) is 25.8 Å². The summed E-state index contributed by atoms with van der Waals surface area (Å²) in [7, 11) is 0. The summed E-state index contributed by atoms with van der Waals surface area (Å²) < 4.78 is 7.45. The second-order valence-corrected chi connectivity index (χ2v) is 15.4. The quantitative estimate of drug-likeness (QED) is 0.220. The fourth-order valence-electron chi connectivity index (χ4n) is 11.7. The smallest absolute Gasteiger partial charge is 0.302 e. The molecule has 0 aromatic rings. The lowest BCUT2D eigenvalue weighted by atomic mass is 9.44. The topological polar surface area (TPSA) is 29.5 Å². The number of rotatable bonds is 5. The van der Waals surface area contributed by atoms with E-state index in [1.807, 2.05) is 0 Å². The lowest BCUT2D eigenvalue weighted by Gasteiger charge is -2.62. The summed E-state index contributed by atoms with van der Waals surface area (Å²) in [5.41, 5.74) is 0.944. The van der Waals surface area contributed by atoms with Crippen LogP contribution in [-0.4, -0.2) is 66.3 Å². The Balaban J connectivity index is 1.25. The third kappa shape index (κ3) is 4.62. The largest absolute Gasteiger partial charge is 0.461 e. The molecule has 4 nitrogen and oxygen atoms in total. The fraction of sp³-hybridized carbons (Fsp3) is 0.912. The van der Waals surface area contributed by atoms with Gasteiger partial charge < -0.3 is 9.22 Å². The van der Waals surface area contributed by atoms with Crippen LogP contribution in [0.1, 0.15) is 111 Å². The maximum absolute atomic E-state index is 12.2. The number of likely N-dealkylation sites (tertiary alicyclic amines) is 2. The fourth-order valence-corrected chi connectivity index (χ4v) is 11.7. The van der Waals surface area contributed by atoms with Gasteiger partial charge in [-0.2, -0.15) is 0 Å². The van der Waals surface area contributed by atoms with Crippen LogP contribution >= 0.6 is 0 Å².